The summed E-state index contributed by atoms with van der Waals surface area (Å²) in [6.45, 7) is 7.03. The van der Waals surface area contributed by atoms with Crippen molar-refractivity contribution in [1.82, 2.24) is 4.90 Å². The van der Waals surface area contributed by atoms with Gasteiger partial charge in [-0.25, -0.2) is 0 Å². The minimum atomic E-state index is 0.244. The van der Waals surface area contributed by atoms with Crippen molar-refractivity contribution < 1.29 is 4.79 Å². The molecule has 1 amide bonds. The third kappa shape index (κ3) is 2.91. The number of rotatable bonds is 6. The number of likely N-dealkylation sites (tertiary alicyclic amines) is 1. The molecule has 1 rings (SSSR count). The molecule has 0 aliphatic carbocycles. The summed E-state index contributed by atoms with van der Waals surface area (Å²) < 4.78 is 0. The van der Waals surface area contributed by atoms with Gasteiger partial charge in [0.2, 0.25) is 5.91 Å². The normalized spacial score (nSPS) is 24.5. The lowest BCUT2D eigenvalue weighted by atomic mass is 9.83. The van der Waals surface area contributed by atoms with E-state index in [2.05, 4.69) is 26.7 Å². The Morgan fingerprint density at radius 1 is 1.41 bits per heavy atom. The molecule has 0 aromatic carbocycles. The highest BCUT2D eigenvalue weighted by Crippen LogP contribution is 2.31. The average Bonchev–Trinajstić information content (AvgIpc) is 2.34. The van der Waals surface area contributed by atoms with Gasteiger partial charge in [-0.15, -0.1) is 6.42 Å². The molecule has 1 fully saturated rings. The zero-order chi connectivity index (χ0) is 12.8. The summed E-state index contributed by atoms with van der Waals surface area (Å²) in [4.78, 5) is 13.8. The molecule has 0 saturated carbocycles. The van der Waals surface area contributed by atoms with Gasteiger partial charge in [-0.05, 0) is 24.8 Å². The van der Waals surface area contributed by atoms with Crippen LogP contribution in [0, 0.1) is 18.3 Å². The second-order valence-electron chi connectivity index (χ2n) is 4.60. The number of hydrogen-bond donors (Lipinski definition) is 0. The van der Waals surface area contributed by atoms with Crippen LogP contribution in [0.5, 0.6) is 0 Å². The largest absolute Gasteiger partial charge is 0.335 e. The molecule has 0 aromatic heterocycles. The van der Waals surface area contributed by atoms with Crippen LogP contribution in [-0.4, -0.2) is 23.4 Å². The molecule has 17 heavy (non-hydrogen) atoms. The zero-order valence-electron chi connectivity index (χ0n) is 11.2. The van der Waals surface area contributed by atoms with Gasteiger partial charge in [-0.3, -0.25) is 4.79 Å². The van der Waals surface area contributed by atoms with Gasteiger partial charge in [0.25, 0.3) is 0 Å². The minimum absolute atomic E-state index is 0.244. The molecule has 2 heteroatoms. The maximum Gasteiger partial charge on any atom is 0.228 e. The van der Waals surface area contributed by atoms with Gasteiger partial charge in [0, 0.05) is 12.6 Å². The summed E-state index contributed by atoms with van der Waals surface area (Å²) in [5.41, 5.74) is 1.02. The van der Waals surface area contributed by atoms with Crippen molar-refractivity contribution in [2.75, 3.05) is 6.54 Å². The van der Waals surface area contributed by atoms with Crippen LogP contribution in [0.3, 0.4) is 0 Å². The first-order valence-corrected chi connectivity index (χ1v) is 6.65. The standard InChI is InChI=1S/C15H23NO/c1-5-9-12(6-2)10-11-16-14(8-4)13(7-3)15(16)17/h2,10,13-14H,5,7-9,11H2,1,3-4H3/b12-10+. The number of amides is 1. The van der Waals surface area contributed by atoms with Crippen LogP contribution in [0.15, 0.2) is 11.6 Å². The van der Waals surface area contributed by atoms with E-state index in [0.29, 0.717) is 18.5 Å². The molecule has 0 spiro atoms. The van der Waals surface area contributed by atoms with E-state index in [0.717, 1.165) is 31.3 Å². The molecular weight excluding hydrogens is 210 g/mol. The van der Waals surface area contributed by atoms with Crippen molar-refractivity contribution in [3.8, 4) is 12.3 Å². The van der Waals surface area contributed by atoms with Crippen molar-refractivity contribution in [3.05, 3.63) is 11.6 Å². The Kier molecular flexibility index (Phi) is 5.28. The summed E-state index contributed by atoms with van der Waals surface area (Å²) in [6.07, 6.45) is 11.5. The second kappa shape index (κ2) is 6.49. The van der Waals surface area contributed by atoms with E-state index in [9.17, 15) is 4.79 Å². The van der Waals surface area contributed by atoms with Crippen molar-refractivity contribution >= 4 is 5.91 Å². The Morgan fingerprint density at radius 2 is 2.12 bits per heavy atom. The number of carbonyl (C=O) groups excluding carboxylic acids is 1. The van der Waals surface area contributed by atoms with Gasteiger partial charge < -0.3 is 4.90 Å². The number of carbonyl (C=O) groups is 1. The first-order chi connectivity index (χ1) is 8.19. The quantitative estimate of drug-likeness (QED) is 0.510. The highest BCUT2D eigenvalue weighted by molar-refractivity contribution is 5.86. The van der Waals surface area contributed by atoms with Crippen LogP contribution in [0.1, 0.15) is 46.5 Å². The fourth-order valence-corrected chi connectivity index (χ4v) is 2.56. The topological polar surface area (TPSA) is 20.3 Å². The predicted molar refractivity (Wildman–Crippen MR) is 71.4 cm³/mol. The number of allylic oxidation sites excluding steroid dienone is 1. The molecule has 1 heterocycles. The number of β-lactam (4-membered cyclic amide) rings is 1. The second-order valence-corrected chi connectivity index (χ2v) is 4.60. The lowest BCUT2D eigenvalue weighted by Crippen LogP contribution is -2.60. The van der Waals surface area contributed by atoms with Gasteiger partial charge in [-0.1, -0.05) is 39.2 Å². The fraction of sp³-hybridized carbons (Fsp3) is 0.667. The van der Waals surface area contributed by atoms with E-state index in [4.69, 9.17) is 6.42 Å². The molecule has 1 aliphatic heterocycles. The average molecular weight is 233 g/mol. The molecule has 2 atom stereocenters. The van der Waals surface area contributed by atoms with E-state index in [1.54, 1.807) is 0 Å². The Bertz CT molecular complexity index is 337. The SMILES string of the molecule is C#C/C(=C\CN1C(=O)C(CC)C1CC)CCC. The molecule has 0 radical (unpaired) electrons. The Morgan fingerprint density at radius 3 is 2.59 bits per heavy atom. The summed E-state index contributed by atoms with van der Waals surface area (Å²) >= 11 is 0. The van der Waals surface area contributed by atoms with Gasteiger partial charge in [0.15, 0.2) is 0 Å². The molecule has 0 N–H and O–H groups in total. The molecule has 0 bridgehead atoms. The molecule has 2 nitrogen and oxygen atoms in total. The van der Waals surface area contributed by atoms with E-state index in [1.807, 2.05) is 11.0 Å². The summed E-state index contributed by atoms with van der Waals surface area (Å²) in [7, 11) is 0. The van der Waals surface area contributed by atoms with Crippen LogP contribution in [-0.2, 0) is 4.79 Å². The number of hydrogen-bond acceptors (Lipinski definition) is 1. The monoisotopic (exact) mass is 233 g/mol. The van der Waals surface area contributed by atoms with Crippen molar-refractivity contribution in [1.29, 1.82) is 0 Å². The van der Waals surface area contributed by atoms with Gasteiger partial charge >= 0.3 is 0 Å². The molecule has 0 aromatic rings. The Balaban J connectivity index is 2.58. The van der Waals surface area contributed by atoms with Gasteiger partial charge in [0.1, 0.15) is 0 Å². The lowest BCUT2D eigenvalue weighted by molar-refractivity contribution is -0.155. The third-order valence-electron chi connectivity index (χ3n) is 3.56. The van der Waals surface area contributed by atoms with Crippen LogP contribution < -0.4 is 0 Å². The van der Waals surface area contributed by atoms with Gasteiger partial charge in [0.05, 0.1) is 5.92 Å². The molecule has 1 saturated heterocycles. The number of nitrogens with zero attached hydrogens (tertiary/aromatic N) is 1. The highest BCUT2D eigenvalue weighted by Gasteiger charge is 2.43. The van der Waals surface area contributed by atoms with Crippen molar-refractivity contribution in [2.45, 2.75) is 52.5 Å². The van der Waals surface area contributed by atoms with Crippen LogP contribution in [0.4, 0.5) is 0 Å². The summed E-state index contributed by atoms with van der Waals surface area (Å²) in [5, 5.41) is 0. The van der Waals surface area contributed by atoms with Crippen molar-refractivity contribution in [3.63, 3.8) is 0 Å². The maximum absolute atomic E-state index is 11.9. The first kappa shape index (κ1) is 13.8. The van der Waals surface area contributed by atoms with Crippen LogP contribution in [0.25, 0.3) is 0 Å². The summed E-state index contributed by atoms with van der Waals surface area (Å²) in [5.74, 6) is 3.24. The highest BCUT2D eigenvalue weighted by atomic mass is 16.2. The van der Waals surface area contributed by atoms with E-state index in [1.165, 1.54) is 0 Å². The smallest absolute Gasteiger partial charge is 0.228 e. The molecule has 94 valence electrons. The molecule has 2 unspecified atom stereocenters. The zero-order valence-corrected chi connectivity index (χ0v) is 11.2. The van der Waals surface area contributed by atoms with E-state index < -0.39 is 0 Å². The van der Waals surface area contributed by atoms with E-state index >= 15 is 0 Å². The number of terminal acetylenes is 1. The van der Waals surface area contributed by atoms with Crippen LogP contribution in [0.2, 0.25) is 0 Å². The maximum atomic E-state index is 11.9. The predicted octanol–water partition coefficient (Wildman–Crippen LogP) is 2.99. The lowest BCUT2D eigenvalue weighted by Gasteiger charge is -2.46. The Hall–Kier alpha value is -1.23. The Labute approximate surface area is 105 Å². The fourth-order valence-electron chi connectivity index (χ4n) is 2.56. The molecule has 1 aliphatic rings. The summed E-state index contributed by atoms with van der Waals surface area (Å²) in [6, 6.07) is 0.421. The van der Waals surface area contributed by atoms with E-state index in [-0.39, 0.29) is 5.92 Å². The molecular formula is C15H23NO. The minimum Gasteiger partial charge on any atom is -0.335 e. The van der Waals surface area contributed by atoms with Gasteiger partial charge in [-0.2, -0.15) is 0 Å². The van der Waals surface area contributed by atoms with Crippen molar-refractivity contribution in [2.24, 2.45) is 5.92 Å². The van der Waals surface area contributed by atoms with Crippen LogP contribution >= 0.6 is 0 Å². The third-order valence-corrected chi connectivity index (χ3v) is 3.56. The first-order valence-electron chi connectivity index (χ1n) is 6.65.